The van der Waals surface area contributed by atoms with Gasteiger partial charge in [-0.25, -0.2) is 0 Å². The Balaban J connectivity index is 1.67. The van der Waals surface area contributed by atoms with Gasteiger partial charge in [-0.15, -0.1) is 0 Å². The summed E-state index contributed by atoms with van der Waals surface area (Å²) in [4.78, 5) is 11.1. The van der Waals surface area contributed by atoms with E-state index >= 15 is 0 Å². The SMILES string of the molecule is COC(=O)Cn1ccc(NS(=O)(=O)N2C[C@H]3CC[C@H]2C3)n1. The Bertz CT molecular complexity index is 641. The maximum Gasteiger partial charge on any atom is 0.327 e. The first-order valence-electron chi connectivity index (χ1n) is 6.88. The van der Waals surface area contributed by atoms with Crippen LogP contribution in [-0.2, 0) is 26.3 Å². The summed E-state index contributed by atoms with van der Waals surface area (Å²) in [6, 6.07) is 1.64. The van der Waals surface area contributed by atoms with Crippen LogP contribution in [-0.4, -0.2) is 48.2 Å². The Kier molecular flexibility index (Phi) is 3.62. The Hall–Kier alpha value is -1.61. The third kappa shape index (κ3) is 2.88. The minimum absolute atomic E-state index is 0.0490. The molecule has 2 aliphatic rings. The van der Waals surface area contributed by atoms with Crippen molar-refractivity contribution in [1.29, 1.82) is 0 Å². The molecule has 1 saturated carbocycles. The maximum atomic E-state index is 12.4. The van der Waals surface area contributed by atoms with Crippen LogP contribution in [0.1, 0.15) is 19.3 Å². The Morgan fingerprint density at radius 3 is 2.95 bits per heavy atom. The second kappa shape index (κ2) is 5.30. The van der Waals surface area contributed by atoms with Crippen LogP contribution in [0.2, 0.25) is 0 Å². The minimum Gasteiger partial charge on any atom is -0.468 e. The average molecular weight is 314 g/mol. The molecule has 21 heavy (non-hydrogen) atoms. The largest absolute Gasteiger partial charge is 0.468 e. The number of nitrogens with one attached hydrogen (secondary N) is 1. The molecular weight excluding hydrogens is 296 g/mol. The zero-order valence-electron chi connectivity index (χ0n) is 11.7. The van der Waals surface area contributed by atoms with E-state index < -0.39 is 16.2 Å². The molecule has 0 radical (unpaired) electrons. The van der Waals surface area contributed by atoms with Crippen molar-refractivity contribution in [3.05, 3.63) is 12.3 Å². The van der Waals surface area contributed by atoms with Crippen molar-refractivity contribution >= 4 is 22.0 Å². The van der Waals surface area contributed by atoms with E-state index in [9.17, 15) is 13.2 Å². The molecule has 3 rings (SSSR count). The van der Waals surface area contributed by atoms with Crippen LogP contribution in [0.3, 0.4) is 0 Å². The highest BCUT2D eigenvalue weighted by Crippen LogP contribution is 2.39. The lowest BCUT2D eigenvalue weighted by atomic mass is 10.1. The van der Waals surface area contributed by atoms with Gasteiger partial charge in [0.15, 0.2) is 5.82 Å². The van der Waals surface area contributed by atoms with Crippen molar-refractivity contribution in [3.8, 4) is 0 Å². The van der Waals surface area contributed by atoms with Crippen LogP contribution < -0.4 is 4.72 Å². The van der Waals surface area contributed by atoms with Gasteiger partial charge >= 0.3 is 16.2 Å². The Morgan fingerprint density at radius 1 is 1.52 bits per heavy atom. The lowest BCUT2D eigenvalue weighted by molar-refractivity contribution is -0.141. The van der Waals surface area contributed by atoms with Crippen LogP contribution >= 0.6 is 0 Å². The summed E-state index contributed by atoms with van der Waals surface area (Å²) in [6.45, 7) is 0.537. The highest BCUT2D eigenvalue weighted by molar-refractivity contribution is 7.90. The van der Waals surface area contributed by atoms with Crippen LogP contribution in [0.4, 0.5) is 5.82 Å². The van der Waals surface area contributed by atoms with Gasteiger partial charge in [-0.2, -0.15) is 17.8 Å². The molecule has 0 aromatic carbocycles. The lowest BCUT2D eigenvalue weighted by Gasteiger charge is -2.25. The minimum atomic E-state index is -3.57. The van der Waals surface area contributed by atoms with Crippen molar-refractivity contribution in [3.63, 3.8) is 0 Å². The molecule has 1 N–H and O–H groups in total. The molecule has 0 unspecified atom stereocenters. The fourth-order valence-corrected chi connectivity index (χ4v) is 4.55. The van der Waals surface area contributed by atoms with E-state index in [0.29, 0.717) is 12.5 Å². The second-order valence-electron chi connectivity index (χ2n) is 5.48. The molecule has 0 amide bonds. The molecule has 2 fully saturated rings. The number of hydrogen-bond donors (Lipinski definition) is 1. The van der Waals surface area contributed by atoms with Gasteiger partial charge in [0.25, 0.3) is 0 Å². The van der Waals surface area contributed by atoms with E-state index in [-0.39, 0.29) is 18.4 Å². The number of rotatable bonds is 5. The summed E-state index contributed by atoms with van der Waals surface area (Å²) in [6.07, 6.45) is 4.54. The zero-order valence-corrected chi connectivity index (χ0v) is 12.5. The molecule has 9 heteroatoms. The normalized spacial score (nSPS) is 25.2. The summed E-state index contributed by atoms with van der Waals surface area (Å²) < 4.78 is 34.6. The number of nitrogens with zero attached hydrogens (tertiary/aromatic N) is 3. The van der Waals surface area contributed by atoms with Gasteiger partial charge in [-0.05, 0) is 25.2 Å². The second-order valence-corrected chi connectivity index (χ2v) is 7.11. The molecule has 1 saturated heterocycles. The molecule has 8 nitrogen and oxygen atoms in total. The molecule has 2 bridgehead atoms. The highest BCUT2D eigenvalue weighted by Gasteiger charge is 2.43. The standard InChI is InChI=1S/C12H18N4O4S/c1-20-12(17)8-15-5-4-11(13-15)14-21(18,19)16-7-9-2-3-10(16)6-9/h4-5,9-10H,2-3,6-8H2,1H3,(H,13,14)/t9-,10-/m0/s1. The quantitative estimate of drug-likeness (QED) is 0.784. The number of carbonyl (C=O) groups is 1. The van der Waals surface area contributed by atoms with Crippen molar-refractivity contribution in [2.75, 3.05) is 18.4 Å². The maximum absolute atomic E-state index is 12.4. The highest BCUT2D eigenvalue weighted by atomic mass is 32.2. The summed E-state index contributed by atoms with van der Waals surface area (Å²) in [5.74, 6) is 0.259. The molecule has 0 spiro atoms. The monoisotopic (exact) mass is 314 g/mol. The predicted molar refractivity (Wildman–Crippen MR) is 74.6 cm³/mol. The van der Waals surface area contributed by atoms with E-state index in [4.69, 9.17) is 0 Å². The number of esters is 1. The smallest absolute Gasteiger partial charge is 0.327 e. The van der Waals surface area contributed by atoms with E-state index in [1.165, 1.54) is 28.4 Å². The van der Waals surface area contributed by atoms with Crippen LogP contribution in [0.5, 0.6) is 0 Å². The number of ether oxygens (including phenoxy) is 1. The average Bonchev–Trinajstić information content (AvgIpc) is 3.14. The first-order chi connectivity index (χ1) is 9.98. The van der Waals surface area contributed by atoms with Crippen molar-refractivity contribution < 1.29 is 17.9 Å². The predicted octanol–water partition coefficient (Wildman–Crippen LogP) is 0.197. The van der Waals surface area contributed by atoms with Gasteiger partial charge in [0.05, 0.1) is 7.11 Å². The Morgan fingerprint density at radius 2 is 2.33 bits per heavy atom. The van der Waals surface area contributed by atoms with E-state index in [1.54, 1.807) is 0 Å². The number of methoxy groups -OCH3 is 1. The number of aromatic nitrogens is 2. The fraction of sp³-hybridized carbons (Fsp3) is 0.667. The van der Waals surface area contributed by atoms with Crippen LogP contribution in [0.15, 0.2) is 12.3 Å². The van der Waals surface area contributed by atoms with E-state index in [1.807, 2.05) is 0 Å². The summed E-state index contributed by atoms with van der Waals surface area (Å²) >= 11 is 0. The summed E-state index contributed by atoms with van der Waals surface area (Å²) in [5, 5.41) is 4.02. The molecule has 2 heterocycles. The topological polar surface area (TPSA) is 93.5 Å². The van der Waals surface area contributed by atoms with Gasteiger partial charge in [0.2, 0.25) is 0 Å². The molecule has 116 valence electrons. The van der Waals surface area contributed by atoms with Crippen molar-refractivity contribution in [1.82, 2.24) is 14.1 Å². The number of piperidine rings is 1. The third-order valence-electron chi connectivity index (χ3n) is 4.06. The fourth-order valence-electron chi connectivity index (χ4n) is 3.07. The van der Waals surface area contributed by atoms with Crippen LogP contribution in [0.25, 0.3) is 0 Å². The molecule has 2 atom stereocenters. The number of carbonyl (C=O) groups excluding carboxylic acids is 1. The summed E-state index contributed by atoms with van der Waals surface area (Å²) in [7, 11) is -2.28. The lowest BCUT2D eigenvalue weighted by Crippen LogP contribution is -2.41. The van der Waals surface area contributed by atoms with Crippen LogP contribution in [0, 0.1) is 5.92 Å². The molecule has 1 aliphatic carbocycles. The third-order valence-corrected chi connectivity index (χ3v) is 5.59. The van der Waals surface area contributed by atoms with Crippen molar-refractivity contribution in [2.45, 2.75) is 31.8 Å². The van der Waals surface area contributed by atoms with E-state index in [2.05, 4.69) is 14.6 Å². The van der Waals surface area contributed by atoms with Gasteiger partial charge in [0.1, 0.15) is 6.54 Å². The number of hydrogen-bond acceptors (Lipinski definition) is 5. The number of anilines is 1. The van der Waals surface area contributed by atoms with Gasteiger partial charge < -0.3 is 4.74 Å². The van der Waals surface area contributed by atoms with Crippen molar-refractivity contribution in [2.24, 2.45) is 5.92 Å². The molecule has 1 aliphatic heterocycles. The van der Waals surface area contributed by atoms with Gasteiger partial charge in [-0.1, -0.05) is 0 Å². The van der Waals surface area contributed by atoms with Gasteiger partial charge in [-0.3, -0.25) is 14.2 Å². The van der Waals surface area contributed by atoms with Gasteiger partial charge in [0, 0.05) is 24.8 Å². The number of fused-ring (bicyclic) bond motifs is 2. The van der Waals surface area contributed by atoms with E-state index in [0.717, 1.165) is 19.3 Å². The Labute approximate surface area is 123 Å². The first-order valence-corrected chi connectivity index (χ1v) is 8.32. The first kappa shape index (κ1) is 14.3. The molecular formula is C12H18N4O4S. The molecule has 1 aromatic heterocycles. The molecule has 1 aromatic rings. The zero-order chi connectivity index (χ0) is 15.0. The summed E-state index contributed by atoms with van der Waals surface area (Å²) in [5.41, 5.74) is 0.